The van der Waals surface area contributed by atoms with Crippen molar-refractivity contribution in [2.75, 3.05) is 18.5 Å². The molecule has 0 aliphatic heterocycles. The zero-order chi connectivity index (χ0) is 17.2. The number of fused-ring (bicyclic) bond motifs is 1. The van der Waals surface area contributed by atoms with E-state index >= 15 is 0 Å². The monoisotopic (exact) mass is 328 g/mol. The predicted molar refractivity (Wildman–Crippen MR) is 94.3 cm³/mol. The highest BCUT2D eigenvalue weighted by molar-refractivity contribution is 6.05. The van der Waals surface area contributed by atoms with Crippen LogP contribution in [0, 0.1) is 5.92 Å². The molecule has 3 rings (SSSR count). The van der Waals surface area contributed by atoms with E-state index in [1.807, 2.05) is 45.0 Å². The summed E-state index contributed by atoms with van der Waals surface area (Å²) in [5.74, 6) is 0.923. The normalized spacial score (nSPS) is 16.6. The summed E-state index contributed by atoms with van der Waals surface area (Å²) < 4.78 is 11.4. The molecule has 1 amide bonds. The Bertz CT molecular complexity index is 742. The maximum Gasteiger partial charge on any atom is 0.256 e. The Morgan fingerprint density at radius 1 is 1.29 bits per heavy atom. The Kier molecular flexibility index (Phi) is 4.71. The Morgan fingerprint density at radius 2 is 2.08 bits per heavy atom. The maximum atomic E-state index is 12.9. The number of pyridine rings is 1. The molecule has 1 atom stereocenters. The van der Waals surface area contributed by atoms with Crippen molar-refractivity contribution in [3.63, 3.8) is 0 Å². The number of carbonyl (C=O) groups is 1. The molecular formula is C19H24N2O3. The maximum absolute atomic E-state index is 12.9. The number of aromatic nitrogens is 1. The van der Waals surface area contributed by atoms with Crippen molar-refractivity contribution in [2.45, 2.75) is 39.2 Å². The van der Waals surface area contributed by atoms with E-state index in [9.17, 15) is 4.79 Å². The molecule has 0 spiro atoms. The first-order valence-electron chi connectivity index (χ1n) is 8.56. The molecule has 5 nitrogen and oxygen atoms in total. The Hall–Kier alpha value is -2.14. The first-order valence-corrected chi connectivity index (χ1v) is 8.56. The highest BCUT2D eigenvalue weighted by atomic mass is 16.5. The van der Waals surface area contributed by atoms with Crippen molar-refractivity contribution in [3.8, 4) is 5.75 Å². The number of rotatable bonds is 7. The molecule has 1 aliphatic carbocycles. The molecule has 1 N–H and O–H groups in total. The van der Waals surface area contributed by atoms with Gasteiger partial charge in [0.1, 0.15) is 16.9 Å². The van der Waals surface area contributed by atoms with Gasteiger partial charge in [-0.05, 0) is 63.8 Å². The second-order valence-electron chi connectivity index (χ2n) is 6.21. The minimum absolute atomic E-state index is 0.0961. The summed E-state index contributed by atoms with van der Waals surface area (Å²) in [6.07, 6.45) is 3.80. The molecule has 1 aromatic carbocycles. The van der Waals surface area contributed by atoms with E-state index in [1.54, 1.807) is 6.20 Å². The molecule has 24 heavy (non-hydrogen) atoms. The van der Waals surface area contributed by atoms with Gasteiger partial charge in [-0.25, -0.2) is 0 Å². The van der Waals surface area contributed by atoms with E-state index in [1.165, 1.54) is 0 Å². The quantitative estimate of drug-likeness (QED) is 0.840. The third kappa shape index (κ3) is 3.08. The van der Waals surface area contributed by atoms with Gasteiger partial charge in [-0.2, -0.15) is 0 Å². The Labute approximate surface area is 142 Å². The molecule has 1 aliphatic rings. The van der Waals surface area contributed by atoms with Gasteiger partial charge in [0.05, 0.1) is 12.3 Å². The van der Waals surface area contributed by atoms with Crippen LogP contribution in [-0.4, -0.2) is 29.7 Å². The van der Waals surface area contributed by atoms with Crippen LogP contribution in [0.5, 0.6) is 5.75 Å². The van der Waals surface area contributed by atoms with Crippen LogP contribution in [0.3, 0.4) is 0 Å². The van der Waals surface area contributed by atoms with Crippen LogP contribution < -0.4 is 10.1 Å². The van der Waals surface area contributed by atoms with Gasteiger partial charge in [-0.15, -0.1) is 0 Å². The Morgan fingerprint density at radius 3 is 2.75 bits per heavy atom. The minimum Gasteiger partial charge on any atom is -0.492 e. The molecule has 1 aromatic heterocycles. The number of anilines is 1. The summed E-state index contributed by atoms with van der Waals surface area (Å²) >= 11 is 0. The van der Waals surface area contributed by atoms with Crippen molar-refractivity contribution in [1.82, 2.24) is 4.98 Å². The van der Waals surface area contributed by atoms with E-state index in [4.69, 9.17) is 9.47 Å². The van der Waals surface area contributed by atoms with E-state index in [0.717, 1.165) is 35.2 Å². The molecule has 5 heteroatoms. The molecule has 128 valence electrons. The number of benzene rings is 1. The van der Waals surface area contributed by atoms with Crippen molar-refractivity contribution in [1.29, 1.82) is 0 Å². The number of amides is 1. The van der Waals surface area contributed by atoms with Gasteiger partial charge in [-0.3, -0.25) is 9.78 Å². The summed E-state index contributed by atoms with van der Waals surface area (Å²) in [6, 6.07) is 7.52. The van der Waals surface area contributed by atoms with Crippen LogP contribution in [-0.2, 0) is 9.53 Å². The number of carbonyl (C=O) groups excluding carboxylic acids is 1. The fourth-order valence-corrected chi connectivity index (χ4v) is 3.08. The lowest BCUT2D eigenvalue weighted by atomic mass is 9.98. The number of hydrogen-bond acceptors (Lipinski definition) is 4. The average Bonchev–Trinajstić information content (AvgIpc) is 3.42. The molecule has 2 aromatic rings. The van der Waals surface area contributed by atoms with Gasteiger partial charge in [0.15, 0.2) is 0 Å². The van der Waals surface area contributed by atoms with E-state index in [0.29, 0.717) is 19.1 Å². The molecular weight excluding hydrogens is 304 g/mol. The van der Waals surface area contributed by atoms with Crippen molar-refractivity contribution < 1.29 is 14.3 Å². The van der Waals surface area contributed by atoms with E-state index in [-0.39, 0.29) is 5.91 Å². The average molecular weight is 328 g/mol. The minimum atomic E-state index is -0.776. The highest BCUT2D eigenvalue weighted by Gasteiger charge is 2.48. The second-order valence-corrected chi connectivity index (χ2v) is 6.21. The Balaban J connectivity index is 1.92. The van der Waals surface area contributed by atoms with Crippen molar-refractivity contribution in [3.05, 3.63) is 30.5 Å². The smallest absolute Gasteiger partial charge is 0.256 e. The van der Waals surface area contributed by atoms with Gasteiger partial charge in [0, 0.05) is 18.2 Å². The summed E-state index contributed by atoms with van der Waals surface area (Å²) in [6.45, 7) is 6.84. The number of hydrogen-bond donors (Lipinski definition) is 1. The van der Waals surface area contributed by atoms with Gasteiger partial charge in [-0.1, -0.05) is 0 Å². The second kappa shape index (κ2) is 6.77. The van der Waals surface area contributed by atoms with Gasteiger partial charge >= 0.3 is 0 Å². The van der Waals surface area contributed by atoms with Crippen LogP contribution in [0.25, 0.3) is 10.9 Å². The summed E-state index contributed by atoms with van der Waals surface area (Å²) in [5.41, 5.74) is 0.710. The SMILES string of the molecule is CCOc1ccc(NC(=O)[C@@](C)(OCC)C2CC2)c2cccnc12. The first kappa shape index (κ1) is 16.7. The molecule has 1 heterocycles. The molecule has 0 bridgehead atoms. The van der Waals surface area contributed by atoms with Crippen LogP contribution in [0.2, 0.25) is 0 Å². The third-order valence-corrected chi connectivity index (χ3v) is 4.53. The van der Waals surface area contributed by atoms with Crippen molar-refractivity contribution >= 4 is 22.5 Å². The zero-order valence-corrected chi connectivity index (χ0v) is 14.5. The first-order chi connectivity index (χ1) is 11.6. The molecule has 1 fully saturated rings. The predicted octanol–water partition coefficient (Wildman–Crippen LogP) is 3.78. The molecule has 0 radical (unpaired) electrons. The topological polar surface area (TPSA) is 60.5 Å². The van der Waals surface area contributed by atoms with Crippen LogP contribution in [0.15, 0.2) is 30.5 Å². The lowest BCUT2D eigenvalue weighted by Gasteiger charge is -2.28. The van der Waals surface area contributed by atoms with E-state index in [2.05, 4.69) is 10.3 Å². The fourth-order valence-electron chi connectivity index (χ4n) is 3.08. The zero-order valence-electron chi connectivity index (χ0n) is 14.5. The summed E-state index contributed by atoms with van der Waals surface area (Å²) in [4.78, 5) is 17.3. The van der Waals surface area contributed by atoms with Gasteiger partial charge < -0.3 is 14.8 Å². The number of nitrogens with one attached hydrogen (secondary N) is 1. The lowest BCUT2D eigenvalue weighted by Crippen LogP contribution is -2.44. The van der Waals surface area contributed by atoms with Gasteiger partial charge in [0.2, 0.25) is 0 Å². The van der Waals surface area contributed by atoms with Crippen molar-refractivity contribution in [2.24, 2.45) is 5.92 Å². The van der Waals surface area contributed by atoms with Crippen LogP contribution in [0.4, 0.5) is 5.69 Å². The molecule has 0 saturated heterocycles. The number of nitrogens with zero attached hydrogens (tertiary/aromatic N) is 1. The largest absolute Gasteiger partial charge is 0.492 e. The van der Waals surface area contributed by atoms with E-state index < -0.39 is 5.60 Å². The fraction of sp³-hybridized carbons (Fsp3) is 0.474. The highest BCUT2D eigenvalue weighted by Crippen LogP contribution is 2.43. The lowest BCUT2D eigenvalue weighted by molar-refractivity contribution is -0.141. The molecule has 0 unspecified atom stereocenters. The third-order valence-electron chi connectivity index (χ3n) is 4.53. The number of ether oxygens (including phenoxy) is 2. The summed E-state index contributed by atoms with van der Waals surface area (Å²) in [7, 11) is 0. The standard InChI is InChI=1S/C19H24N2O3/c1-4-23-16-11-10-15(14-7-6-12-20-17(14)16)21-18(22)19(3,24-5-2)13-8-9-13/h6-7,10-13H,4-5,8-9H2,1-3H3,(H,21,22)/t19-/m0/s1. The molecule has 1 saturated carbocycles. The van der Waals surface area contributed by atoms with Crippen LogP contribution >= 0.6 is 0 Å². The summed E-state index contributed by atoms with van der Waals surface area (Å²) in [5, 5.41) is 3.91. The van der Waals surface area contributed by atoms with Gasteiger partial charge in [0.25, 0.3) is 5.91 Å². The van der Waals surface area contributed by atoms with Crippen LogP contribution in [0.1, 0.15) is 33.6 Å².